The second kappa shape index (κ2) is 6.10. The number of aromatic nitrogens is 3. The van der Waals surface area contributed by atoms with Crippen LogP contribution in [0.3, 0.4) is 0 Å². The Morgan fingerprint density at radius 2 is 2.31 bits per heavy atom. The van der Waals surface area contributed by atoms with Gasteiger partial charge in [-0.2, -0.15) is 4.98 Å². The number of fused-ring (bicyclic) bond motifs is 1. The normalized spacial score (nSPS) is 29.0. The number of hydrogen-bond donors (Lipinski definition) is 1. The first kappa shape index (κ1) is 17.6. The molecule has 2 aliphatic rings. The third kappa shape index (κ3) is 2.93. The van der Waals surface area contributed by atoms with Gasteiger partial charge in [0.05, 0.1) is 17.2 Å². The van der Waals surface area contributed by atoms with Crippen molar-refractivity contribution in [2.75, 3.05) is 19.3 Å². The standard InChI is InChI=1S/C15H19N5O4S2/c1-9-17-14(24-19-9)15-4-11(18-13(21)12-6-25-8-16-12)3-10(15)5-20(7-15)26(2,22)23/h6,8,10-11H,3-5,7H2,1-2H3,(H,18,21)/t10-,11+,15-/m0/s1. The van der Waals surface area contributed by atoms with Gasteiger partial charge in [0.1, 0.15) is 5.69 Å². The maximum atomic E-state index is 12.3. The van der Waals surface area contributed by atoms with E-state index in [2.05, 4.69) is 20.4 Å². The Morgan fingerprint density at radius 3 is 2.92 bits per heavy atom. The summed E-state index contributed by atoms with van der Waals surface area (Å²) in [7, 11) is -3.31. The van der Waals surface area contributed by atoms with Gasteiger partial charge in [0.25, 0.3) is 5.91 Å². The van der Waals surface area contributed by atoms with Crippen LogP contribution in [0.2, 0.25) is 0 Å². The molecule has 0 unspecified atom stereocenters. The van der Waals surface area contributed by atoms with E-state index in [4.69, 9.17) is 4.52 Å². The SMILES string of the molecule is Cc1noc([C@]23C[C@H](NC(=O)c4cscn4)C[C@H]2CN(S(C)(=O)=O)C3)n1. The highest BCUT2D eigenvalue weighted by Gasteiger charge is 2.59. The van der Waals surface area contributed by atoms with Crippen molar-refractivity contribution < 1.29 is 17.7 Å². The fraction of sp³-hybridized carbons (Fsp3) is 0.600. The number of thiazole rings is 1. The van der Waals surface area contributed by atoms with E-state index < -0.39 is 15.4 Å². The number of rotatable bonds is 4. The molecule has 2 aromatic heterocycles. The Morgan fingerprint density at radius 1 is 1.50 bits per heavy atom. The van der Waals surface area contributed by atoms with E-state index in [9.17, 15) is 13.2 Å². The monoisotopic (exact) mass is 397 g/mol. The lowest BCUT2D eigenvalue weighted by Crippen LogP contribution is -2.39. The number of nitrogens with zero attached hydrogens (tertiary/aromatic N) is 4. The van der Waals surface area contributed by atoms with Crippen LogP contribution in [-0.4, -0.2) is 59.1 Å². The summed E-state index contributed by atoms with van der Waals surface area (Å²) in [5.74, 6) is 0.767. The fourth-order valence-corrected chi connectivity index (χ4v) is 5.55. The summed E-state index contributed by atoms with van der Waals surface area (Å²) >= 11 is 1.37. The van der Waals surface area contributed by atoms with Crippen LogP contribution >= 0.6 is 11.3 Å². The number of nitrogens with one attached hydrogen (secondary N) is 1. The van der Waals surface area contributed by atoms with Gasteiger partial charge < -0.3 is 9.84 Å². The van der Waals surface area contributed by atoms with Gasteiger partial charge in [0.2, 0.25) is 15.9 Å². The zero-order valence-corrected chi connectivity index (χ0v) is 16.0. The van der Waals surface area contributed by atoms with Gasteiger partial charge in [0.15, 0.2) is 5.82 Å². The molecule has 1 aliphatic heterocycles. The molecule has 2 fully saturated rings. The molecule has 4 rings (SSSR count). The maximum absolute atomic E-state index is 12.3. The van der Waals surface area contributed by atoms with Gasteiger partial charge in [0, 0.05) is 24.5 Å². The molecular weight excluding hydrogens is 378 g/mol. The Kier molecular flexibility index (Phi) is 4.12. The molecule has 1 N–H and O–H groups in total. The quantitative estimate of drug-likeness (QED) is 0.800. The van der Waals surface area contributed by atoms with Crippen LogP contribution in [0, 0.1) is 12.8 Å². The third-order valence-corrected chi connectivity index (χ3v) is 7.07. The predicted molar refractivity (Wildman–Crippen MR) is 93.2 cm³/mol. The molecule has 0 bridgehead atoms. The molecule has 26 heavy (non-hydrogen) atoms. The summed E-state index contributed by atoms with van der Waals surface area (Å²) in [6, 6.07) is -0.0943. The van der Waals surface area contributed by atoms with E-state index in [0.717, 1.165) is 0 Å². The molecule has 1 saturated heterocycles. The number of aryl methyl sites for hydroxylation is 1. The molecule has 3 heterocycles. The molecule has 11 heteroatoms. The van der Waals surface area contributed by atoms with E-state index in [-0.39, 0.29) is 17.9 Å². The number of sulfonamides is 1. The molecular formula is C15H19N5O4S2. The summed E-state index contributed by atoms with van der Waals surface area (Å²) < 4.78 is 31.0. The van der Waals surface area contributed by atoms with Crippen LogP contribution in [0.15, 0.2) is 15.4 Å². The summed E-state index contributed by atoms with van der Waals surface area (Å²) in [5.41, 5.74) is 1.45. The molecule has 1 aliphatic carbocycles. The van der Waals surface area contributed by atoms with E-state index in [0.29, 0.717) is 43.3 Å². The van der Waals surface area contributed by atoms with E-state index in [1.54, 1.807) is 17.8 Å². The zero-order valence-electron chi connectivity index (χ0n) is 14.4. The van der Waals surface area contributed by atoms with Crippen LogP contribution < -0.4 is 5.32 Å². The van der Waals surface area contributed by atoms with Crippen LogP contribution in [-0.2, 0) is 15.4 Å². The molecule has 2 aromatic rings. The van der Waals surface area contributed by atoms with Crippen molar-refractivity contribution in [3.8, 4) is 0 Å². The first-order valence-electron chi connectivity index (χ1n) is 8.23. The zero-order chi connectivity index (χ0) is 18.5. The van der Waals surface area contributed by atoms with Gasteiger partial charge in [-0.3, -0.25) is 4.79 Å². The Balaban J connectivity index is 1.60. The van der Waals surface area contributed by atoms with Crippen molar-refractivity contribution in [3.63, 3.8) is 0 Å². The van der Waals surface area contributed by atoms with Crippen LogP contribution in [0.25, 0.3) is 0 Å². The van der Waals surface area contributed by atoms with Crippen molar-refractivity contribution in [1.29, 1.82) is 0 Å². The predicted octanol–water partition coefficient (Wildman–Crippen LogP) is 0.556. The summed E-state index contributed by atoms with van der Waals surface area (Å²) in [6.45, 7) is 2.42. The van der Waals surface area contributed by atoms with E-state index in [1.807, 2.05) is 0 Å². The van der Waals surface area contributed by atoms with Crippen LogP contribution in [0.1, 0.15) is 35.0 Å². The van der Waals surface area contributed by atoms with Gasteiger partial charge in [-0.25, -0.2) is 17.7 Å². The van der Waals surface area contributed by atoms with Gasteiger partial charge in [-0.1, -0.05) is 5.16 Å². The number of carbonyl (C=O) groups excluding carboxylic acids is 1. The Labute approximate surface area is 154 Å². The van der Waals surface area contributed by atoms with Crippen molar-refractivity contribution in [2.45, 2.75) is 31.2 Å². The second-order valence-electron chi connectivity index (χ2n) is 7.04. The first-order chi connectivity index (χ1) is 12.3. The highest BCUT2D eigenvalue weighted by atomic mass is 32.2. The topological polar surface area (TPSA) is 118 Å². The van der Waals surface area contributed by atoms with Crippen molar-refractivity contribution in [3.05, 3.63) is 28.3 Å². The summed E-state index contributed by atoms with van der Waals surface area (Å²) in [6.07, 6.45) is 2.42. The van der Waals surface area contributed by atoms with Gasteiger partial charge in [-0.15, -0.1) is 11.3 Å². The van der Waals surface area contributed by atoms with E-state index >= 15 is 0 Å². The van der Waals surface area contributed by atoms with Gasteiger partial charge in [-0.05, 0) is 25.7 Å². The maximum Gasteiger partial charge on any atom is 0.270 e. The molecule has 1 amide bonds. The number of hydrogen-bond acceptors (Lipinski definition) is 8. The number of amides is 1. The van der Waals surface area contributed by atoms with Crippen LogP contribution in [0.4, 0.5) is 0 Å². The average Bonchev–Trinajstić information content (AvgIpc) is 3.28. The lowest BCUT2D eigenvalue weighted by Gasteiger charge is -2.24. The molecule has 140 valence electrons. The lowest BCUT2D eigenvalue weighted by atomic mass is 9.80. The highest BCUT2D eigenvalue weighted by Crippen LogP contribution is 2.50. The number of carbonyl (C=O) groups is 1. The third-order valence-electron chi connectivity index (χ3n) is 5.27. The van der Waals surface area contributed by atoms with Gasteiger partial charge >= 0.3 is 0 Å². The second-order valence-corrected chi connectivity index (χ2v) is 9.74. The lowest BCUT2D eigenvalue weighted by molar-refractivity contribution is 0.0930. The molecule has 9 nitrogen and oxygen atoms in total. The molecule has 0 spiro atoms. The molecule has 3 atom stereocenters. The minimum Gasteiger partial charge on any atom is -0.348 e. The highest BCUT2D eigenvalue weighted by molar-refractivity contribution is 7.88. The Hall–Kier alpha value is -1.85. The smallest absolute Gasteiger partial charge is 0.270 e. The van der Waals surface area contributed by atoms with E-state index in [1.165, 1.54) is 21.9 Å². The largest absolute Gasteiger partial charge is 0.348 e. The molecule has 0 aromatic carbocycles. The van der Waals surface area contributed by atoms with Crippen molar-refractivity contribution >= 4 is 27.3 Å². The minimum atomic E-state index is -3.31. The van der Waals surface area contributed by atoms with Crippen molar-refractivity contribution in [2.24, 2.45) is 5.92 Å². The Bertz CT molecular complexity index is 926. The molecule has 0 radical (unpaired) electrons. The first-order valence-corrected chi connectivity index (χ1v) is 11.0. The van der Waals surface area contributed by atoms with Crippen LogP contribution in [0.5, 0.6) is 0 Å². The average molecular weight is 397 g/mol. The van der Waals surface area contributed by atoms with Crippen molar-refractivity contribution in [1.82, 2.24) is 24.7 Å². The summed E-state index contributed by atoms with van der Waals surface area (Å²) in [5, 5.41) is 8.59. The fourth-order valence-electron chi connectivity index (χ4n) is 4.10. The minimum absolute atomic E-state index is 0.0119. The molecule has 1 saturated carbocycles. The summed E-state index contributed by atoms with van der Waals surface area (Å²) in [4.78, 5) is 20.7.